The van der Waals surface area contributed by atoms with E-state index in [-0.39, 0.29) is 0 Å². The third-order valence-electron chi connectivity index (χ3n) is 2.35. The van der Waals surface area contributed by atoms with Gasteiger partial charge >= 0.3 is 0 Å². The van der Waals surface area contributed by atoms with Gasteiger partial charge in [-0.25, -0.2) is 0 Å². The first-order valence-corrected chi connectivity index (χ1v) is 6.57. The van der Waals surface area contributed by atoms with E-state index in [9.17, 15) is 4.21 Å². The lowest BCUT2D eigenvalue weighted by atomic mass is 10.2. The van der Waals surface area contributed by atoms with Crippen LogP contribution in [0.2, 0.25) is 0 Å². The van der Waals surface area contributed by atoms with E-state index < -0.39 is 10.8 Å². The highest BCUT2D eigenvalue weighted by molar-refractivity contribution is 7.85. The second-order valence-corrected chi connectivity index (χ2v) is 5.31. The van der Waals surface area contributed by atoms with Gasteiger partial charge in [0.25, 0.3) is 0 Å². The Morgan fingerprint density at radius 2 is 2.07 bits per heavy atom. The third kappa shape index (κ3) is 3.76. The Balaban J connectivity index is 2.68. The lowest BCUT2D eigenvalue weighted by molar-refractivity contribution is 0.676. The number of hydrogen-bond donors (Lipinski definition) is 1. The quantitative estimate of drug-likeness (QED) is 0.777. The molecule has 0 fully saturated rings. The van der Waals surface area contributed by atoms with Crippen LogP contribution in [0.1, 0.15) is 17.5 Å². The van der Waals surface area contributed by atoms with Crippen molar-refractivity contribution in [3.05, 3.63) is 29.3 Å². The van der Waals surface area contributed by atoms with E-state index in [1.54, 1.807) is 0 Å². The molecule has 1 atom stereocenters. The molecule has 1 aromatic carbocycles. The Bertz CT molecular complexity index is 349. The maximum absolute atomic E-state index is 12.0. The van der Waals surface area contributed by atoms with Gasteiger partial charge in [-0.3, -0.25) is 4.21 Å². The van der Waals surface area contributed by atoms with Gasteiger partial charge in [-0.15, -0.1) is 0 Å². The summed E-state index contributed by atoms with van der Waals surface area (Å²) in [6, 6.07) is 6.13. The Morgan fingerprint density at radius 3 is 2.73 bits per heavy atom. The molecule has 0 saturated heterocycles. The van der Waals surface area contributed by atoms with Crippen LogP contribution in [0.25, 0.3) is 0 Å². The lowest BCUT2D eigenvalue weighted by Gasteiger charge is -2.06. The van der Waals surface area contributed by atoms with E-state index in [2.05, 4.69) is 11.4 Å². The third-order valence-corrected chi connectivity index (χ3v) is 3.94. The maximum atomic E-state index is 12.0. The predicted molar refractivity (Wildman–Crippen MR) is 65.7 cm³/mol. The van der Waals surface area contributed by atoms with Crippen LogP contribution in [0.15, 0.2) is 23.1 Å². The van der Waals surface area contributed by atoms with Crippen LogP contribution in [0.4, 0.5) is 0 Å². The molecule has 84 valence electrons. The average Bonchev–Trinajstić information content (AvgIpc) is 2.22. The van der Waals surface area contributed by atoms with Crippen molar-refractivity contribution in [3.8, 4) is 0 Å². The van der Waals surface area contributed by atoms with E-state index >= 15 is 0 Å². The van der Waals surface area contributed by atoms with Gasteiger partial charge in [0.1, 0.15) is 0 Å². The summed E-state index contributed by atoms with van der Waals surface area (Å²) in [4.78, 5) is 0.992. The van der Waals surface area contributed by atoms with Gasteiger partial charge in [-0.1, -0.05) is 12.1 Å². The summed E-state index contributed by atoms with van der Waals surface area (Å²) >= 11 is 0. The molecule has 1 N–H and O–H groups in total. The van der Waals surface area contributed by atoms with Crippen molar-refractivity contribution in [2.45, 2.75) is 25.2 Å². The first-order chi connectivity index (χ1) is 7.15. The fourth-order valence-corrected chi connectivity index (χ4v) is 2.81. The molecule has 0 heterocycles. The Labute approximate surface area is 94.5 Å². The summed E-state index contributed by atoms with van der Waals surface area (Å²) in [5, 5.41) is 3.07. The zero-order chi connectivity index (χ0) is 11.3. The van der Waals surface area contributed by atoms with Crippen LogP contribution in [-0.4, -0.2) is 23.6 Å². The van der Waals surface area contributed by atoms with Crippen LogP contribution in [0.5, 0.6) is 0 Å². The SMILES string of the molecule is CNCCCS(=O)c1cc(C)ccc1C. The van der Waals surface area contributed by atoms with Gasteiger partial charge in [-0.2, -0.15) is 0 Å². The zero-order valence-corrected chi connectivity index (χ0v) is 10.5. The molecule has 1 aromatic rings. The van der Waals surface area contributed by atoms with Crippen LogP contribution < -0.4 is 5.32 Å². The molecule has 0 radical (unpaired) electrons. The zero-order valence-electron chi connectivity index (χ0n) is 9.67. The second kappa shape index (κ2) is 6.03. The van der Waals surface area contributed by atoms with E-state index in [0.29, 0.717) is 0 Å². The van der Waals surface area contributed by atoms with Gasteiger partial charge in [0.15, 0.2) is 0 Å². The summed E-state index contributed by atoms with van der Waals surface area (Å²) < 4.78 is 12.0. The first-order valence-electron chi connectivity index (χ1n) is 5.25. The molecule has 0 saturated carbocycles. The van der Waals surface area contributed by atoms with Crippen LogP contribution in [0.3, 0.4) is 0 Å². The van der Waals surface area contributed by atoms with Gasteiger partial charge < -0.3 is 5.32 Å². The molecule has 1 unspecified atom stereocenters. The van der Waals surface area contributed by atoms with Crippen molar-refractivity contribution >= 4 is 10.8 Å². The van der Waals surface area contributed by atoms with E-state index in [0.717, 1.165) is 29.2 Å². The predicted octanol–water partition coefficient (Wildman–Crippen LogP) is 2.02. The van der Waals surface area contributed by atoms with Gasteiger partial charge in [0, 0.05) is 10.6 Å². The minimum atomic E-state index is -0.847. The lowest BCUT2D eigenvalue weighted by Crippen LogP contribution is -2.11. The summed E-state index contributed by atoms with van der Waals surface area (Å²) in [7, 11) is 1.07. The van der Waals surface area contributed by atoms with Crippen molar-refractivity contribution in [1.29, 1.82) is 0 Å². The molecule has 0 spiro atoms. The van der Waals surface area contributed by atoms with Gasteiger partial charge in [0.2, 0.25) is 0 Å². The van der Waals surface area contributed by atoms with Gasteiger partial charge in [-0.05, 0) is 51.1 Å². The van der Waals surface area contributed by atoms with Crippen molar-refractivity contribution < 1.29 is 4.21 Å². The molecule has 3 heteroatoms. The van der Waals surface area contributed by atoms with Gasteiger partial charge in [0.05, 0.1) is 10.8 Å². The smallest absolute Gasteiger partial charge is 0.0532 e. The Morgan fingerprint density at radius 1 is 1.33 bits per heavy atom. The number of aryl methyl sites for hydroxylation is 2. The molecule has 0 amide bonds. The summed E-state index contributed by atoms with van der Waals surface area (Å²) in [6.07, 6.45) is 0.955. The maximum Gasteiger partial charge on any atom is 0.0532 e. The highest BCUT2D eigenvalue weighted by atomic mass is 32.2. The molecule has 0 aliphatic rings. The van der Waals surface area contributed by atoms with Crippen LogP contribution in [0, 0.1) is 13.8 Å². The molecule has 0 aliphatic heterocycles. The monoisotopic (exact) mass is 225 g/mol. The highest BCUT2D eigenvalue weighted by Crippen LogP contribution is 2.15. The van der Waals surface area contributed by atoms with Crippen LogP contribution >= 0.6 is 0 Å². The molecule has 2 nitrogen and oxygen atoms in total. The fraction of sp³-hybridized carbons (Fsp3) is 0.500. The molecule has 0 bridgehead atoms. The number of nitrogens with one attached hydrogen (secondary N) is 1. The fourth-order valence-electron chi connectivity index (χ4n) is 1.44. The molecular weight excluding hydrogens is 206 g/mol. The van der Waals surface area contributed by atoms with E-state index in [1.165, 1.54) is 5.56 Å². The van der Waals surface area contributed by atoms with Crippen LogP contribution in [-0.2, 0) is 10.8 Å². The second-order valence-electron chi connectivity index (χ2n) is 3.78. The summed E-state index contributed by atoms with van der Waals surface area (Å²) in [5.41, 5.74) is 2.31. The molecule has 0 aliphatic carbocycles. The standard InChI is InChI=1S/C12H19NOS/c1-10-5-6-11(2)12(9-10)15(14)8-4-7-13-3/h5-6,9,13H,4,7-8H2,1-3H3. The summed E-state index contributed by atoms with van der Waals surface area (Å²) in [5.74, 6) is 0.741. The number of hydrogen-bond acceptors (Lipinski definition) is 2. The number of benzene rings is 1. The van der Waals surface area contributed by atoms with Crippen molar-refractivity contribution in [2.75, 3.05) is 19.3 Å². The molecular formula is C12H19NOS. The normalized spacial score (nSPS) is 12.7. The summed E-state index contributed by atoms with van der Waals surface area (Å²) in [6.45, 7) is 4.98. The minimum Gasteiger partial charge on any atom is -0.320 e. The van der Waals surface area contributed by atoms with Crippen molar-refractivity contribution in [2.24, 2.45) is 0 Å². The van der Waals surface area contributed by atoms with Crippen molar-refractivity contribution in [1.82, 2.24) is 5.32 Å². The van der Waals surface area contributed by atoms with Crippen molar-refractivity contribution in [3.63, 3.8) is 0 Å². The highest BCUT2D eigenvalue weighted by Gasteiger charge is 2.06. The van der Waals surface area contributed by atoms with E-state index in [1.807, 2.05) is 33.0 Å². The minimum absolute atomic E-state index is 0.741. The Kier molecular flexibility index (Phi) is 4.99. The molecule has 15 heavy (non-hydrogen) atoms. The Hall–Kier alpha value is -0.670. The topological polar surface area (TPSA) is 29.1 Å². The number of rotatable bonds is 5. The van der Waals surface area contributed by atoms with E-state index in [4.69, 9.17) is 0 Å². The first kappa shape index (κ1) is 12.4. The largest absolute Gasteiger partial charge is 0.320 e. The average molecular weight is 225 g/mol. The molecule has 1 rings (SSSR count). The molecule has 0 aromatic heterocycles.